The van der Waals surface area contributed by atoms with Gasteiger partial charge in [-0.3, -0.25) is 9.48 Å². The van der Waals surface area contributed by atoms with Crippen LogP contribution in [0.15, 0.2) is 12.3 Å². The highest BCUT2D eigenvalue weighted by molar-refractivity contribution is 5.77. The molecule has 1 amide bonds. The van der Waals surface area contributed by atoms with Crippen LogP contribution in [-0.2, 0) is 11.3 Å². The highest BCUT2D eigenvalue weighted by Gasteiger charge is 2.43. The topological polar surface area (TPSA) is 41.4 Å². The van der Waals surface area contributed by atoms with Gasteiger partial charge in [0.15, 0.2) is 0 Å². The molecular formula is C20H32N4O. The van der Waals surface area contributed by atoms with E-state index in [0.717, 1.165) is 39.0 Å². The molecule has 4 rings (SSSR count). The average molecular weight is 345 g/mol. The van der Waals surface area contributed by atoms with Gasteiger partial charge in [-0.1, -0.05) is 12.8 Å². The fourth-order valence-corrected chi connectivity index (χ4v) is 5.30. The fraction of sp³-hybridized carbons (Fsp3) is 0.800. The first-order chi connectivity index (χ1) is 12.2. The Balaban J connectivity index is 1.39. The molecule has 5 heteroatoms. The van der Waals surface area contributed by atoms with Gasteiger partial charge in [-0.15, -0.1) is 0 Å². The molecule has 25 heavy (non-hydrogen) atoms. The van der Waals surface area contributed by atoms with Crippen LogP contribution >= 0.6 is 0 Å². The first-order valence-electron chi connectivity index (χ1n) is 10.2. The van der Waals surface area contributed by atoms with Crippen molar-refractivity contribution in [2.45, 2.75) is 70.9 Å². The minimum atomic E-state index is 0.341. The third-order valence-corrected chi connectivity index (χ3v) is 6.76. The van der Waals surface area contributed by atoms with E-state index in [0.29, 0.717) is 17.4 Å². The number of nitrogens with zero attached hydrogens (tertiary/aromatic N) is 4. The highest BCUT2D eigenvalue weighted by atomic mass is 16.2. The number of piperidine rings is 2. The Morgan fingerprint density at radius 2 is 2.00 bits per heavy atom. The molecule has 5 nitrogen and oxygen atoms in total. The van der Waals surface area contributed by atoms with E-state index in [1.165, 1.54) is 50.8 Å². The van der Waals surface area contributed by atoms with Crippen molar-refractivity contribution in [2.75, 3.05) is 26.2 Å². The van der Waals surface area contributed by atoms with Crippen LogP contribution in [0.25, 0.3) is 0 Å². The maximum atomic E-state index is 12.5. The van der Waals surface area contributed by atoms with E-state index >= 15 is 0 Å². The second kappa shape index (κ2) is 7.10. The fourth-order valence-electron chi connectivity index (χ4n) is 5.30. The van der Waals surface area contributed by atoms with Crippen LogP contribution in [0.3, 0.4) is 0 Å². The maximum Gasteiger partial charge on any atom is 0.222 e. The Morgan fingerprint density at radius 3 is 2.76 bits per heavy atom. The van der Waals surface area contributed by atoms with Crippen molar-refractivity contribution in [1.82, 2.24) is 19.6 Å². The van der Waals surface area contributed by atoms with Gasteiger partial charge >= 0.3 is 0 Å². The van der Waals surface area contributed by atoms with Crippen molar-refractivity contribution in [2.24, 2.45) is 5.41 Å². The summed E-state index contributed by atoms with van der Waals surface area (Å²) in [5, 5.41) is 4.42. The molecule has 1 saturated carbocycles. The van der Waals surface area contributed by atoms with E-state index in [1.54, 1.807) is 0 Å². The lowest BCUT2D eigenvalue weighted by Gasteiger charge is -2.49. The molecule has 0 aromatic carbocycles. The zero-order chi connectivity index (χ0) is 17.3. The second-order valence-electron chi connectivity index (χ2n) is 8.54. The van der Waals surface area contributed by atoms with E-state index in [2.05, 4.69) is 32.6 Å². The Morgan fingerprint density at radius 1 is 1.16 bits per heavy atom. The van der Waals surface area contributed by atoms with Crippen LogP contribution in [0.1, 0.15) is 57.1 Å². The van der Waals surface area contributed by atoms with Gasteiger partial charge in [0.25, 0.3) is 0 Å². The first-order valence-corrected chi connectivity index (χ1v) is 10.2. The number of aryl methyl sites for hydroxylation is 1. The zero-order valence-electron chi connectivity index (χ0n) is 15.6. The molecule has 2 aliphatic heterocycles. The maximum absolute atomic E-state index is 12.5. The van der Waals surface area contributed by atoms with E-state index < -0.39 is 0 Å². The molecule has 0 radical (unpaired) electrons. The molecule has 1 atom stereocenters. The number of hydrogen-bond donors (Lipinski definition) is 0. The predicted octanol–water partition coefficient (Wildman–Crippen LogP) is 2.84. The standard InChI is InChI=1S/C20H32N4O/c1-17-8-11-21-24(17)14-13-22-12-4-9-20(15-22)10-7-19(25)23(16-20)18-5-2-3-6-18/h8,11,18H,2-7,9-10,12-16H2,1H3/t20-/m1/s1. The Kier molecular flexibility index (Phi) is 4.85. The molecule has 0 unspecified atom stereocenters. The van der Waals surface area contributed by atoms with Gasteiger partial charge < -0.3 is 9.80 Å². The summed E-state index contributed by atoms with van der Waals surface area (Å²) in [6, 6.07) is 2.61. The number of carbonyl (C=O) groups is 1. The van der Waals surface area contributed by atoms with Crippen molar-refractivity contribution in [1.29, 1.82) is 0 Å². The molecule has 1 aromatic heterocycles. The molecule has 0 bridgehead atoms. The minimum absolute atomic E-state index is 0.341. The SMILES string of the molecule is Cc1ccnn1CCN1CCC[C@@]2(CCC(=O)N(C3CCCC3)C2)C1. The second-order valence-corrected chi connectivity index (χ2v) is 8.54. The van der Waals surface area contributed by atoms with E-state index in [1.807, 2.05) is 6.20 Å². The van der Waals surface area contributed by atoms with Gasteiger partial charge in [-0.25, -0.2) is 0 Å². The number of rotatable bonds is 4. The van der Waals surface area contributed by atoms with Crippen LogP contribution in [0.2, 0.25) is 0 Å². The molecule has 3 aliphatic rings. The number of aromatic nitrogens is 2. The van der Waals surface area contributed by atoms with Gasteiger partial charge in [-0.2, -0.15) is 5.10 Å². The van der Waals surface area contributed by atoms with Crippen molar-refractivity contribution in [3.05, 3.63) is 18.0 Å². The molecule has 1 aliphatic carbocycles. The lowest BCUT2D eigenvalue weighted by Crippen LogP contribution is -2.56. The summed E-state index contributed by atoms with van der Waals surface area (Å²) in [4.78, 5) is 17.4. The normalized spacial score (nSPS) is 29.0. The number of likely N-dealkylation sites (tertiary alicyclic amines) is 2. The van der Waals surface area contributed by atoms with Gasteiger partial charge in [0.05, 0.1) is 6.54 Å². The molecule has 3 fully saturated rings. The van der Waals surface area contributed by atoms with E-state index in [-0.39, 0.29) is 0 Å². The van der Waals surface area contributed by atoms with Crippen molar-refractivity contribution < 1.29 is 4.79 Å². The summed E-state index contributed by atoms with van der Waals surface area (Å²) >= 11 is 0. The Hall–Kier alpha value is -1.36. The number of hydrogen-bond acceptors (Lipinski definition) is 3. The van der Waals surface area contributed by atoms with Crippen LogP contribution in [0.5, 0.6) is 0 Å². The van der Waals surface area contributed by atoms with Crippen LogP contribution in [0.4, 0.5) is 0 Å². The van der Waals surface area contributed by atoms with Crippen molar-refractivity contribution in [3.8, 4) is 0 Å². The summed E-state index contributed by atoms with van der Waals surface area (Å²) in [6.45, 7) is 7.52. The van der Waals surface area contributed by atoms with Gasteiger partial charge in [0, 0.05) is 49.4 Å². The summed E-state index contributed by atoms with van der Waals surface area (Å²) in [5.41, 5.74) is 1.58. The van der Waals surface area contributed by atoms with E-state index in [9.17, 15) is 4.79 Å². The average Bonchev–Trinajstić information content (AvgIpc) is 3.28. The smallest absolute Gasteiger partial charge is 0.222 e. The molecule has 1 spiro atoms. The van der Waals surface area contributed by atoms with Crippen molar-refractivity contribution in [3.63, 3.8) is 0 Å². The molecular weight excluding hydrogens is 312 g/mol. The molecule has 1 aromatic rings. The lowest BCUT2D eigenvalue weighted by molar-refractivity contribution is -0.142. The highest BCUT2D eigenvalue weighted by Crippen LogP contribution is 2.41. The predicted molar refractivity (Wildman–Crippen MR) is 98.3 cm³/mol. The van der Waals surface area contributed by atoms with Gasteiger partial charge in [-0.05, 0) is 51.6 Å². The van der Waals surface area contributed by atoms with Crippen LogP contribution in [-0.4, -0.2) is 57.7 Å². The first kappa shape index (κ1) is 17.1. The molecule has 138 valence electrons. The molecule has 3 heterocycles. The molecule has 0 N–H and O–H groups in total. The number of amides is 1. The Bertz CT molecular complexity index is 607. The van der Waals surface area contributed by atoms with Crippen LogP contribution < -0.4 is 0 Å². The minimum Gasteiger partial charge on any atom is -0.339 e. The van der Waals surface area contributed by atoms with Crippen LogP contribution in [0, 0.1) is 12.3 Å². The summed E-state index contributed by atoms with van der Waals surface area (Å²) in [7, 11) is 0. The third kappa shape index (κ3) is 3.62. The summed E-state index contributed by atoms with van der Waals surface area (Å²) < 4.78 is 2.11. The quantitative estimate of drug-likeness (QED) is 0.843. The summed E-state index contributed by atoms with van der Waals surface area (Å²) in [6.07, 6.45) is 11.4. The van der Waals surface area contributed by atoms with Crippen molar-refractivity contribution >= 4 is 5.91 Å². The molecule has 2 saturated heterocycles. The third-order valence-electron chi connectivity index (χ3n) is 6.76. The van der Waals surface area contributed by atoms with Gasteiger partial charge in [0.2, 0.25) is 5.91 Å². The van der Waals surface area contributed by atoms with Gasteiger partial charge in [0.1, 0.15) is 0 Å². The number of carbonyl (C=O) groups excluding carboxylic acids is 1. The Labute approximate surface area is 151 Å². The largest absolute Gasteiger partial charge is 0.339 e. The lowest BCUT2D eigenvalue weighted by atomic mass is 9.73. The zero-order valence-corrected chi connectivity index (χ0v) is 15.6. The summed E-state index contributed by atoms with van der Waals surface area (Å²) in [5.74, 6) is 0.418. The van der Waals surface area contributed by atoms with E-state index in [4.69, 9.17) is 0 Å². The monoisotopic (exact) mass is 344 g/mol.